The van der Waals surface area contributed by atoms with Crippen LogP contribution in [0.5, 0.6) is 0 Å². The molecule has 1 radical (unpaired) electrons. The molecule has 0 bridgehead atoms. The van der Waals surface area contributed by atoms with E-state index >= 15 is 0 Å². The van der Waals surface area contributed by atoms with Crippen LogP contribution in [-0.4, -0.2) is 14.9 Å². The lowest BCUT2D eigenvalue weighted by Crippen LogP contribution is -1.93. The monoisotopic (exact) mass is 142 g/mol. The minimum Gasteiger partial charge on any atom is -0.258 e. The van der Waals surface area contributed by atoms with Crippen LogP contribution in [0.1, 0.15) is 0 Å². The summed E-state index contributed by atoms with van der Waals surface area (Å²) in [6, 6.07) is 0. The third-order valence-corrected chi connectivity index (χ3v) is 0.753. The molecular formula is C4HFN3O2. The number of rotatable bonds is 1. The molecule has 0 saturated heterocycles. The van der Waals surface area contributed by atoms with Gasteiger partial charge in [0.2, 0.25) is 0 Å². The molecule has 51 valence electrons. The van der Waals surface area contributed by atoms with Crippen LogP contribution >= 0.6 is 0 Å². The van der Waals surface area contributed by atoms with Crippen molar-refractivity contribution < 1.29 is 9.31 Å². The Morgan fingerprint density at radius 1 is 1.80 bits per heavy atom. The maximum Gasteiger partial charge on any atom is 0.315 e. The van der Waals surface area contributed by atoms with Crippen molar-refractivity contribution >= 4 is 5.69 Å². The molecule has 1 heterocycles. The van der Waals surface area contributed by atoms with Gasteiger partial charge < -0.3 is 0 Å². The van der Waals surface area contributed by atoms with Crippen molar-refractivity contribution in [1.29, 1.82) is 0 Å². The Labute approximate surface area is 54.7 Å². The molecule has 0 aliphatic carbocycles. The van der Waals surface area contributed by atoms with Crippen LogP contribution in [0.25, 0.3) is 0 Å². The Morgan fingerprint density at radius 2 is 2.50 bits per heavy atom. The summed E-state index contributed by atoms with van der Waals surface area (Å²) in [5.41, 5.74) is -0.443. The fourth-order valence-electron chi connectivity index (χ4n) is 0.364. The third kappa shape index (κ3) is 1.22. The second-order valence-corrected chi connectivity index (χ2v) is 1.39. The zero-order chi connectivity index (χ0) is 7.56. The van der Waals surface area contributed by atoms with E-state index in [2.05, 4.69) is 9.97 Å². The quantitative estimate of drug-likeness (QED) is 0.321. The van der Waals surface area contributed by atoms with Gasteiger partial charge in [0.05, 0.1) is 4.92 Å². The predicted molar refractivity (Wildman–Crippen MR) is 27.5 cm³/mol. The number of nitrogens with zero attached hydrogens (tertiary/aromatic N) is 3. The number of halogens is 1. The Hall–Kier alpha value is -1.59. The van der Waals surface area contributed by atoms with Crippen LogP contribution in [0.3, 0.4) is 0 Å². The summed E-state index contributed by atoms with van der Waals surface area (Å²) in [4.78, 5) is 14.9. The standard InChI is InChI=1S/C4HFN3O2/c5-4-6-1-3(2-7-4)8(9)10/h1H. The molecule has 0 spiro atoms. The van der Waals surface area contributed by atoms with E-state index in [1.165, 1.54) is 0 Å². The average molecular weight is 142 g/mol. The van der Waals surface area contributed by atoms with Gasteiger partial charge >= 0.3 is 11.8 Å². The highest BCUT2D eigenvalue weighted by molar-refractivity contribution is 5.17. The minimum absolute atomic E-state index is 0.443. The smallest absolute Gasteiger partial charge is 0.258 e. The maximum atomic E-state index is 11.9. The molecule has 1 aromatic rings. The van der Waals surface area contributed by atoms with E-state index in [1.807, 2.05) is 6.20 Å². The van der Waals surface area contributed by atoms with Gasteiger partial charge in [0.25, 0.3) is 0 Å². The molecule has 0 amide bonds. The molecule has 0 fully saturated rings. The second kappa shape index (κ2) is 2.34. The number of hydrogen-bond donors (Lipinski definition) is 0. The number of hydrogen-bond acceptors (Lipinski definition) is 4. The normalized spacial score (nSPS) is 9.30. The highest BCUT2D eigenvalue weighted by Gasteiger charge is 2.06. The predicted octanol–water partition coefficient (Wildman–Crippen LogP) is 0.324. The van der Waals surface area contributed by atoms with Gasteiger partial charge in [-0.05, 0) is 0 Å². The molecular weight excluding hydrogens is 141 g/mol. The summed E-state index contributed by atoms with van der Waals surface area (Å²) in [5.74, 6) is 0. The number of aromatic nitrogens is 2. The van der Waals surface area contributed by atoms with E-state index < -0.39 is 16.7 Å². The van der Waals surface area contributed by atoms with Crippen LogP contribution in [-0.2, 0) is 0 Å². The zero-order valence-corrected chi connectivity index (χ0v) is 4.61. The minimum atomic E-state index is -1.02. The summed E-state index contributed by atoms with van der Waals surface area (Å²) in [6.07, 6.45) is 1.58. The van der Waals surface area contributed by atoms with Gasteiger partial charge in [-0.2, -0.15) is 9.37 Å². The van der Waals surface area contributed by atoms with Gasteiger partial charge in [0.15, 0.2) is 6.20 Å². The third-order valence-electron chi connectivity index (χ3n) is 0.753. The largest absolute Gasteiger partial charge is 0.315 e. The fraction of sp³-hybridized carbons (Fsp3) is 0. The van der Waals surface area contributed by atoms with E-state index in [1.54, 1.807) is 0 Å². The van der Waals surface area contributed by atoms with Gasteiger partial charge in [-0.3, -0.25) is 10.1 Å². The van der Waals surface area contributed by atoms with Crippen molar-refractivity contribution in [2.45, 2.75) is 0 Å². The van der Waals surface area contributed by atoms with Crippen LogP contribution in [0, 0.1) is 22.4 Å². The zero-order valence-electron chi connectivity index (χ0n) is 4.61. The first-order valence-corrected chi connectivity index (χ1v) is 2.25. The van der Waals surface area contributed by atoms with E-state index in [0.29, 0.717) is 0 Å². The molecule has 1 aromatic heterocycles. The molecule has 0 aromatic carbocycles. The maximum absolute atomic E-state index is 11.9. The molecule has 0 N–H and O–H groups in total. The Kier molecular flexibility index (Phi) is 1.53. The summed E-state index contributed by atoms with van der Waals surface area (Å²) < 4.78 is 11.9. The molecule has 5 nitrogen and oxygen atoms in total. The second-order valence-electron chi connectivity index (χ2n) is 1.39. The van der Waals surface area contributed by atoms with Crippen LogP contribution < -0.4 is 0 Å². The van der Waals surface area contributed by atoms with Gasteiger partial charge in [-0.25, -0.2) is 4.98 Å². The van der Waals surface area contributed by atoms with Crippen LogP contribution in [0.2, 0.25) is 0 Å². The van der Waals surface area contributed by atoms with Crippen molar-refractivity contribution in [3.05, 3.63) is 28.6 Å². The molecule has 10 heavy (non-hydrogen) atoms. The van der Waals surface area contributed by atoms with Gasteiger partial charge in [0, 0.05) is 0 Å². The first kappa shape index (κ1) is 6.53. The van der Waals surface area contributed by atoms with Crippen molar-refractivity contribution in [2.75, 3.05) is 0 Å². The van der Waals surface area contributed by atoms with Crippen LogP contribution in [0.4, 0.5) is 10.1 Å². The van der Waals surface area contributed by atoms with Crippen molar-refractivity contribution in [3.8, 4) is 0 Å². The molecule has 6 heteroatoms. The Morgan fingerprint density at radius 3 is 2.90 bits per heavy atom. The SMILES string of the molecule is O=[N+]([O-])c1[c]nc(F)nc1. The van der Waals surface area contributed by atoms with Crippen molar-refractivity contribution in [1.82, 2.24) is 9.97 Å². The highest BCUT2D eigenvalue weighted by atomic mass is 19.1. The van der Waals surface area contributed by atoms with Gasteiger partial charge in [-0.1, -0.05) is 0 Å². The summed E-state index contributed by atoms with van der Waals surface area (Å²) in [7, 11) is 0. The van der Waals surface area contributed by atoms with Crippen molar-refractivity contribution in [2.24, 2.45) is 0 Å². The summed E-state index contributed by atoms with van der Waals surface area (Å²) in [5, 5.41) is 9.88. The summed E-state index contributed by atoms with van der Waals surface area (Å²) in [6.45, 7) is 0. The molecule has 0 saturated carbocycles. The lowest BCUT2D eigenvalue weighted by atomic mass is 10.6. The van der Waals surface area contributed by atoms with Gasteiger partial charge in [0.1, 0.15) is 6.20 Å². The van der Waals surface area contributed by atoms with Crippen LogP contribution in [0.15, 0.2) is 6.20 Å². The Bertz CT molecular complexity index is 247. The lowest BCUT2D eigenvalue weighted by molar-refractivity contribution is -0.385. The fourth-order valence-corrected chi connectivity index (χ4v) is 0.364. The first-order chi connectivity index (χ1) is 4.70. The van der Waals surface area contributed by atoms with Crippen molar-refractivity contribution in [3.63, 3.8) is 0 Å². The molecule has 0 aliphatic heterocycles. The van der Waals surface area contributed by atoms with E-state index in [-0.39, 0.29) is 0 Å². The topological polar surface area (TPSA) is 68.9 Å². The lowest BCUT2D eigenvalue weighted by Gasteiger charge is -1.85. The molecule has 0 aliphatic rings. The molecule has 0 atom stereocenters. The number of nitro groups is 1. The van der Waals surface area contributed by atoms with E-state index in [0.717, 1.165) is 6.20 Å². The molecule has 0 unspecified atom stereocenters. The first-order valence-electron chi connectivity index (χ1n) is 2.25. The average Bonchev–Trinajstić information content (AvgIpc) is 1.88. The van der Waals surface area contributed by atoms with E-state index in [4.69, 9.17) is 0 Å². The Balaban J connectivity index is 3.00. The highest BCUT2D eigenvalue weighted by Crippen LogP contribution is 2.03. The summed E-state index contributed by atoms with van der Waals surface area (Å²) >= 11 is 0. The van der Waals surface area contributed by atoms with Gasteiger partial charge in [-0.15, -0.1) is 0 Å². The molecule has 1 rings (SSSR count). The van der Waals surface area contributed by atoms with E-state index in [9.17, 15) is 14.5 Å².